The molecule has 2 atom stereocenters. The van der Waals surface area contributed by atoms with E-state index in [0.717, 1.165) is 36.2 Å². The largest absolute Gasteiger partial charge is 0.478 e. The number of anilines is 2. The molecule has 2 aliphatic rings. The molecule has 0 saturated heterocycles. The molecule has 4 rings (SSSR count). The summed E-state index contributed by atoms with van der Waals surface area (Å²) in [5.41, 5.74) is 7.35. The van der Waals surface area contributed by atoms with Crippen molar-refractivity contribution in [2.45, 2.75) is 31.3 Å². The molecular weight excluding hydrogens is 380 g/mol. The summed E-state index contributed by atoms with van der Waals surface area (Å²) in [7, 11) is 0. The Labute approximate surface area is 165 Å². The van der Waals surface area contributed by atoms with Crippen LogP contribution >= 0.6 is 0 Å². The lowest BCUT2D eigenvalue weighted by Crippen LogP contribution is -2.10. The number of nitrogens with zero attached hydrogens (tertiary/aromatic N) is 4. The molecule has 1 saturated carbocycles. The number of nitrogens with two attached hydrogens (primary N) is 1. The van der Waals surface area contributed by atoms with Crippen molar-refractivity contribution in [1.82, 2.24) is 19.5 Å². The predicted molar refractivity (Wildman–Crippen MR) is 104 cm³/mol. The summed E-state index contributed by atoms with van der Waals surface area (Å²) in [4.78, 5) is 32.2. The van der Waals surface area contributed by atoms with Crippen LogP contribution in [0.3, 0.4) is 0 Å². The van der Waals surface area contributed by atoms with Crippen LogP contribution < -0.4 is 11.1 Å². The number of imidazole rings is 1. The van der Waals surface area contributed by atoms with Crippen LogP contribution in [0, 0.1) is 5.92 Å². The van der Waals surface area contributed by atoms with E-state index in [9.17, 15) is 14.7 Å². The minimum absolute atomic E-state index is 0.162. The number of hydrogen-bond acceptors (Lipinski definition) is 8. The molecule has 2 aromatic heterocycles. The van der Waals surface area contributed by atoms with Crippen molar-refractivity contribution in [2.75, 3.05) is 17.7 Å². The zero-order valence-electron chi connectivity index (χ0n) is 15.5. The number of rotatable bonds is 6. The first kappa shape index (κ1) is 20.3. The first-order valence-corrected chi connectivity index (χ1v) is 9.07. The highest BCUT2D eigenvalue weighted by molar-refractivity contribution is 5.89. The Morgan fingerprint density at radius 1 is 1.21 bits per heavy atom. The fourth-order valence-electron chi connectivity index (χ4n) is 2.93. The van der Waals surface area contributed by atoms with Crippen molar-refractivity contribution >= 4 is 34.9 Å². The second-order valence-corrected chi connectivity index (χ2v) is 6.81. The van der Waals surface area contributed by atoms with Gasteiger partial charge in [-0.1, -0.05) is 12.2 Å². The van der Waals surface area contributed by atoms with Gasteiger partial charge in [0.15, 0.2) is 17.0 Å². The van der Waals surface area contributed by atoms with Gasteiger partial charge in [-0.25, -0.2) is 14.6 Å². The maximum atomic E-state index is 9.55. The summed E-state index contributed by atoms with van der Waals surface area (Å²) < 4.78 is 2.01. The third kappa shape index (κ3) is 5.29. The van der Waals surface area contributed by atoms with E-state index in [0.29, 0.717) is 18.2 Å². The number of carboxylic acid groups (broad SMARTS) is 2. The van der Waals surface area contributed by atoms with Crippen molar-refractivity contribution < 1.29 is 24.9 Å². The summed E-state index contributed by atoms with van der Waals surface area (Å²) in [6, 6.07) is 0.646. The van der Waals surface area contributed by atoms with E-state index >= 15 is 0 Å². The van der Waals surface area contributed by atoms with Gasteiger partial charge in [0.2, 0.25) is 5.95 Å². The molecule has 2 heterocycles. The molecule has 29 heavy (non-hydrogen) atoms. The number of carboxylic acids is 2. The number of aromatic nitrogens is 4. The van der Waals surface area contributed by atoms with Gasteiger partial charge in [-0.3, -0.25) is 0 Å². The van der Waals surface area contributed by atoms with Crippen molar-refractivity contribution in [3.05, 3.63) is 30.6 Å². The van der Waals surface area contributed by atoms with Crippen molar-refractivity contribution in [1.29, 1.82) is 0 Å². The van der Waals surface area contributed by atoms with E-state index < -0.39 is 11.9 Å². The quantitative estimate of drug-likeness (QED) is 0.343. The third-order valence-corrected chi connectivity index (χ3v) is 4.47. The number of aliphatic hydroxyl groups is 1. The number of carbonyl (C=O) groups is 2. The molecule has 0 amide bonds. The van der Waals surface area contributed by atoms with E-state index in [2.05, 4.69) is 26.3 Å². The highest BCUT2D eigenvalue weighted by Crippen LogP contribution is 2.32. The number of aliphatic carboxylic acids is 2. The van der Waals surface area contributed by atoms with Crippen LogP contribution in [0.25, 0.3) is 11.2 Å². The first-order chi connectivity index (χ1) is 13.9. The molecule has 6 N–H and O–H groups in total. The van der Waals surface area contributed by atoms with E-state index in [1.165, 1.54) is 0 Å². The van der Waals surface area contributed by atoms with E-state index in [1.807, 2.05) is 10.6 Å². The third-order valence-electron chi connectivity index (χ3n) is 4.47. The molecule has 0 spiro atoms. The standard InChI is InChI=1S/C14H18N6O.C4H4O4/c15-14-18-12(17-9-2-3-9)11-13(19-14)20(7-16-11)10-4-1-8(5-10)6-21;5-3(6)1-2-4(7)8/h1,4,7-10,21H,2-3,5-6H2,(H3,15,17,18,19);1-2H,(H,5,6)(H,7,8)/t8-,10+;/m1./s1. The molecule has 0 bridgehead atoms. The average Bonchev–Trinajstić information content (AvgIpc) is 3.18. The maximum Gasteiger partial charge on any atom is 0.328 e. The number of nitrogen functional groups attached to an aromatic ring is 1. The van der Waals surface area contributed by atoms with Crippen LogP contribution in [-0.4, -0.2) is 59.4 Å². The number of allylic oxidation sites excluding steroid dienone is 1. The van der Waals surface area contributed by atoms with Crippen LogP contribution in [0.15, 0.2) is 30.6 Å². The minimum Gasteiger partial charge on any atom is -0.478 e. The summed E-state index contributed by atoms with van der Waals surface area (Å²) in [5.74, 6) is -1.33. The first-order valence-electron chi connectivity index (χ1n) is 9.07. The van der Waals surface area contributed by atoms with Gasteiger partial charge in [0.05, 0.1) is 12.4 Å². The normalized spacial score (nSPS) is 20.6. The van der Waals surface area contributed by atoms with Gasteiger partial charge >= 0.3 is 11.9 Å². The van der Waals surface area contributed by atoms with E-state index in [1.54, 1.807) is 6.33 Å². The summed E-state index contributed by atoms with van der Waals surface area (Å²) in [6.45, 7) is 0.172. The highest BCUT2D eigenvalue weighted by Gasteiger charge is 2.26. The second-order valence-electron chi connectivity index (χ2n) is 6.81. The molecule has 0 unspecified atom stereocenters. The molecular formula is C18H22N6O5. The van der Waals surface area contributed by atoms with Gasteiger partial charge in [-0.15, -0.1) is 0 Å². The Bertz CT molecular complexity index is 949. The maximum absolute atomic E-state index is 9.55. The Morgan fingerprint density at radius 3 is 2.45 bits per heavy atom. The minimum atomic E-state index is -1.26. The molecule has 0 aromatic carbocycles. The summed E-state index contributed by atoms with van der Waals surface area (Å²) in [5, 5.41) is 28.2. The van der Waals surface area contributed by atoms with Crippen molar-refractivity contribution in [3.8, 4) is 0 Å². The van der Waals surface area contributed by atoms with Crippen molar-refractivity contribution in [2.24, 2.45) is 5.92 Å². The zero-order valence-corrected chi connectivity index (χ0v) is 15.5. The number of fused-ring (bicyclic) bond motifs is 1. The lowest BCUT2D eigenvalue weighted by Gasteiger charge is -2.13. The molecule has 11 heteroatoms. The van der Waals surface area contributed by atoms with Crippen LogP contribution in [0.5, 0.6) is 0 Å². The Balaban J connectivity index is 0.000000258. The topological polar surface area (TPSA) is 176 Å². The monoisotopic (exact) mass is 402 g/mol. The molecule has 1 fully saturated rings. The average molecular weight is 402 g/mol. The van der Waals surface area contributed by atoms with Gasteiger partial charge in [0.25, 0.3) is 0 Å². The second kappa shape index (κ2) is 8.69. The highest BCUT2D eigenvalue weighted by atomic mass is 16.4. The van der Waals surface area contributed by atoms with Gasteiger partial charge in [0.1, 0.15) is 0 Å². The fraction of sp³-hybridized carbons (Fsp3) is 0.389. The van der Waals surface area contributed by atoms with Crippen molar-refractivity contribution in [3.63, 3.8) is 0 Å². The molecule has 2 aliphatic carbocycles. The Hall–Kier alpha value is -3.47. The number of aliphatic hydroxyl groups excluding tert-OH is 1. The summed E-state index contributed by atoms with van der Waals surface area (Å²) in [6.07, 6.45) is 10.2. The lowest BCUT2D eigenvalue weighted by molar-refractivity contribution is -0.134. The van der Waals surface area contributed by atoms with Gasteiger partial charge < -0.3 is 30.9 Å². The molecule has 11 nitrogen and oxygen atoms in total. The predicted octanol–water partition coefficient (Wildman–Crippen LogP) is 0.804. The Kier molecular flexibility index (Phi) is 6.07. The SMILES string of the molecule is Nc1nc(NC2CC2)c2ncn([C@H]3C=C[C@@H](CO)C3)c2n1.O=C(O)C=CC(=O)O. The molecule has 154 valence electrons. The lowest BCUT2D eigenvalue weighted by atomic mass is 10.1. The van der Waals surface area contributed by atoms with Crippen LogP contribution in [0.1, 0.15) is 25.3 Å². The summed E-state index contributed by atoms with van der Waals surface area (Å²) >= 11 is 0. The van der Waals surface area contributed by atoms with Gasteiger partial charge in [-0.05, 0) is 19.3 Å². The van der Waals surface area contributed by atoms with Crippen LogP contribution in [0.4, 0.5) is 11.8 Å². The Morgan fingerprint density at radius 2 is 1.90 bits per heavy atom. The van der Waals surface area contributed by atoms with E-state index in [4.69, 9.17) is 15.9 Å². The number of nitrogens with one attached hydrogen (secondary N) is 1. The molecule has 2 aromatic rings. The molecule has 0 aliphatic heterocycles. The molecule has 0 radical (unpaired) electrons. The van der Waals surface area contributed by atoms with Gasteiger partial charge in [-0.2, -0.15) is 9.97 Å². The number of hydrogen-bond donors (Lipinski definition) is 5. The fourth-order valence-corrected chi connectivity index (χ4v) is 2.93. The van der Waals surface area contributed by atoms with Crippen LogP contribution in [-0.2, 0) is 9.59 Å². The smallest absolute Gasteiger partial charge is 0.328 e. The zero-order chi connectivity index (χ0) is 21.0. The van der Waals surface area contributed by atoms with Gasteiger partial charge in [0, 0.05) is 30.7 Å². The van der Waals surface area contributed by atoms with E-state index in [-0.39, 0.29) is 24.5 Å². The van der Waals surface area contributed by atoms with Crippen LogP contribution in [0.2, 0.25) is 0 Å².